The van der Waals surface area contributed by atoms with Crippen molar-refractivity contribution in [3.05, 3.63) is 41.7 Å². The van der Waals surface area contributed by atoms with Gasteiger partial charge in [-0.2, -0.15) is 0 Å². The highest BCUT2D eigenvalue weighted by molar-refractivity contribution is 5.79. The van der Waals surface area contributed by atoms with E-state index in [4.69, 9.17) is 0 Å². The lowest BCUT2D eigenvalue weighted by molar-refractivity contribution is -0.115. The van der Waals surface area contributed by atoms with E-state index in [1.165, 1.54) is 18.1 Å². The minimum Gasteiger partial charge on any atom is -0.347 e. The molecule has 1 heterocycles. The molecule has 4 heteroatoms. The second kappa shape index (κ2) is 5.61. The summed E-state index contributed by atoms with van der Waals surface area (Å²) in [6.45, 7) is 5.92. The van der Waals surface area contributed by atoms with Gasteiger partial charge in [-0.15, -0.1) is 0 Å². The number of anilines is 1. The van der Waals surface area contributed by atoms with Crippen molar-refractivity contribution >= 4 is 11.7 Å². The van der Waals surface area contributed by atoms with E-state index in [-0.39, 0.29) is 12.3 Å². The van der Waals surface area contributed by atoms with Crippen LogP contribution in [0.3, 0.4) is 0 Å². The molecule has 0 radical (unpaired) electrons. The van der Waals surface area contributed by atoms with Gasteiger partial charge in [0, 0.05) is 18.0 Å². The Balaban J connectivity index is 2.20. The van der Waals surface area contributed by atoms with Crippen LogP contribution < -0.4 is 5.32 Å². The first-order valence-corrected chi connectivity index (χ1v) is 6.19. The number of aromatic nitrogens is 2. The lowest BCUT2D eigenvalue weighted by Gasteiger charge is -2.07. The summed E-state index contributed by atoms with van der Waals surface area (Å²) in [4.78, 5) is 19.3. The molecule has 0 aliphatic carbocycles. The molecule has 0 unspecified atom stereocenters. The summed E-state index contributed by atoms with van der Waals surface area (Å²) in [5.41, 5.74) is 4.55. The van der Waals surface area contributed by atoms with Gasteiger partial charge in [-0.25, -0.2) is 9.97 Å². The van der Waals surface area contributed by atoms with Gasteiger partial charge >= 0.3 is 0 Å². The molecule has 0 amide bonds. The molecule has 2 rings (SSSR count). The summed E-state index contributed by atoms with van der Waals surface area (Å²) in [6.07, 6.45) is 3.54. The van der Waals surface area contributed by atoms with Crippen molar-refractivity contribution < 1.29 is 4.79 Å². The number of aryl methyl sites for hydroxylation is 2. The molecule has 0 saturated carbocycles. The smallest absolute Gasteiger partial charge is 0.222 e. The number of hydrogen-bond donors (Lipinski definition) is 1. The van der Waals surface area contributed by atoms with Gasteiger partial charge in [-0.05, 0) is 31.9 Å². The third kappa shape index (κ3) is 3.37. The van der Waals surface area contributed by atoms with Gasteiger partial charge in [0.25, 0.3) is 0 Å². The minimum atomic E-state index is 0.0575. The number of nitrogens with one attached hydrogen (secondary N) is 1. The maximum Gasteiger partial charge on any atom is 0.222 e. The fourth-order valence-corrected chi connectivity index (χ4v) is 1.90. The molecule has 0 spiro atoms. The number of rotatable bonds is 4. The van der Waals surface area contributed by atoms with E-state index >= 15 is 0 Å². The average Bonchev–Trinajstić information content (AvgIpc) is 2.37. The number of benzene rings is 1. The first-order chi connectivity index (χ1) is 9.06. The molecule has 0 bridgehead atoms. The van der Waals surface area contributed by atoms with Crippen molar-refractivity contribution in [3.8, 4) is 11.1 Å². The summed E-state index contributed by atoms with van der Waals surface area (Å²) in [7, 11) is 0. The van der Waals surface area contributed by atoms with Crippen molar-refractivity contribution in [2.75, 3.05) is 11.9 Å². The monoisotopic (exact) mass is 255 g/mol. The Kier molecular flexibility index (Phi) is 3.90. The van der Waals surface area contributed by atoms with Gasteiger partial charge in [0.1, 0.15) is 5.78 Å². The lowest BCUT2D eigenvalue weighted by atomic mass is 10.0. The van der Waals surface area contributed by atoms with Gasteiger partial charge in [0.05, 0.1) is 6.54 Å². The molecular weight excluding hydrogens is 238 g/mol. The Bertz CT molecular complexity index is 591. The van der Waals surface area contributed by atoms with E-state index in [1.807, 2.05) is 0 Å². The highest BCUT2D eigenvalue weighted by Crippen LogP contribution is 2.23. The second-order valence-electron chi connectivity index (χ2n) is 4.67. The van der Waals surface area contributed by atoms with E-state index in [9.17, 15) is 4.79 Å². The van der Waals surface area contributed by atoms with Gasteiger partial charge in [-0.3, -0.25) is 4.79 Å². The minimum absolute atomic E-state index is 0.0575. The van der Waals surface area contributed by atoms with Crippen LogP contribution in [0.25, 0.3) is 11.1 Å². The van der Waals surface area contributed by atoms with Crippen molar-refractivity contribution in [1.82, 2.24) is 9.97 Å². The van der Waals surface area contributed by atoms with Crippen LogP contribution in [0.15, 0.2) is 30.6 Å². The standard InChI is InChI=1S/C15H17N3O/c1-10-4-5-14(11(2)6-10)13-8-17-15(18-9-13)16-7-12(3)19/h4-6,8-9H,7H2,1-3H3,(H,16,17,18). The van der Waals surface area contributed by atoms with Crippen LogP contribution in [0, 0.1) is 13.8 Å². The third-order valence-electron chi connectivity index (χ3n) is 2.84. The maximum atomic E-state index is 10.9. The average molecular weight is 255 g/mol. The molecule has 0 aliphatic heterocycles. The summed E-state index contributed by atoms with van der Waals surface area (Å²) in [5, 5.41) is 2.87. The molecule has 0 atom stereocenters. The first kappa shape index (κ1) is 13.2. The Morgan fingerprint density at radius 3 is 2.47 bits per heavy atom. The molecule has 2 aromatic rings. The number of carbonyl (C=O) groups is 1. The zero-order chi connectivity index (χ0) is 13.8. The lowest BCUT2D eigenvalue weighted by Crippen LogP contribution is -2.11. The SMILES string of the molecule is CC(=O)CNc1ncc(-c2ccc(C)cc2C)cn1. The molecule has 1 N–H and O–H groups in total. The number of carbonyl (C=O) groups excluding carboxylic acids is 1. The maximum absolute atomic E-state index is 10.9. The van der Waals surface area contributed by atoms with E-state index < -0.39 is 0 Å². The van der Waals surface area contributed by atoms with Gasteiger partial charge in [0.2, 0.25) is 5.95 Å². The zero-order valence-electron chi connectivity index (χ0n) is 11.4. The van der Waals surface area contributed by atoms with Crippen LogP contribution in [0.1, 0.15) is 18.1 Å². The summed E-state index contributed by atoms with van der Waals surface area (Å²) < 4.78 is 0. The highest BCUT2D eigenvalue weighted by atomic mass is 16.1. The van der Waals surface area contributed by atoms with E-state index in [0.717, 1.165) is 11.1 Å². The first-order valence-electron chi connectivity index (χ1n) is 6.19. The third-order valence-corrected chi connectivity index (χ3v) is 2.84. The predicted molar refractivity (Wildman–Crippen MR) is 76.1 cm³/mol. The van der Waals surface area contributed by atoms with Gasteiger partial charge < -0.3 is 5.32 Å². The van der Waals surface area contributed by atoms with E-state index in [2.05, 4.69) is 47.3 Å². The van der Waals surface area contributed by atoms with Crippen molar-refractivity contribution in [2.24, 2.45) is 0 Å². The largest absolute Gasteiger partial charge is 0.347 e. The van der Waals surface area contributed by atoms with E-state index in [1.54, 1.807) is 12.4 Å². The van der Waals surface area contributed by atoms with E-state index in [0.29, 0.717) is 5.95 Å². The quantitative estimate of drug-likeness (QED) is 0.912. The second-order valence-corrected chi connectivity index (χ2v) is 4.67. The Hall–Kier alpha value is -2.23. The Morgan fingerprint density at radius 1 is 1.21 bits per heavy atom. The van der Waals surface area contributed by atoms with Crippen molar-refractivity contribution in [3.63, 3.8) is 0 Å². The number of hydrogen-bond acceptors (Lipinski definition) is 4. The number of ketones is 1. The number of nitrogens with zero attached hydrogens (tertiary/aromatic N) is 2. The van der Waals surface area contributed by atoms with Crippen molar-refractivity contribution in [1.29, 1.82) is 0 Å². The van der Waals surface area contributed by atoms with Crippen LogP contribution in [-0.2, 0) is 4.79 Å². The Labute approximate surface area is 112 Å². The summed E-state index contributed by atoms with van der Waals surface area (Å²) in [6, 6.07) is 6.29. The Morgan fingerprint density at radius 2 is 1.89 bits per heavy atom. The molecule has 1 aromatic carbocycles. The highest BCUT2D eigenvalue weighted by Gasteiger charge is 2.04. The number of Topliss-reactive ketones (excluding diaryl/α,β-unsaturated/α-hetero) is 1. The molecule has 0 aliphatic rings. The molecule has 98 valence electrons. The fourth-order valence-electron chi connectivity index (χ4n) is 1.90. The summed E-state index contributed by atoms with van der Waals surface area (Å²) in [5.74, 6) is 0.533. The van der Waals surface area contributed by atoms with Gasteiger partial charge in [0.15, 0.2) is 0 Å². The van der Waals surface area contributed by atoms with Crippen LogP contribution >= 0.6 is 0 Å². The molecule has 19 heavy (non-hydrogen) atoms. The molecule has 1 aromatic heterocycles. The molecular formula is C15H17N3O. The van der Waals surface area contributed by atoms with Crippen LogP contribution in [0.2, 0.25) is 0 Å². The zero-order valence-corrected chi connectivity index (χ0v) is 11.4. The molecule has 4 nitrogen and oxygen atoms in total. The van der Waals surface area contributed by atoms with Crippen LogP contribution in [-0.4, -0.2) is 22.3 Å². The van der Waals surface area contributed by atoms with Gasteiger partial charge in [-0.1, -0.05) is 23.8 Å². The predicted octanol–water partition coefficient (Wildman–Crippen LogP) is 2.76. The van der Waals surface area contributed by atoms with Crippen molar-refractivity contribution in [2.45, 2.75) is 20.8 Å². The fraction of sp³-hybridized carbons (Fsp3) is 0.267. The molecule has 0 fully saturated rings. The van der Waals surface area contributed by atoms with Crippen LogP contribution in [0.5, 0.6) is 0 Å². The summed E-state index contributed by atoms with van der Waals surface area (Å²) >= 11 is 0. The molecule has 0 saturated heterocycles. The normalized spacial score (nSPS) is 10.3. The van der Waals surface area contributed by atoms with Crippen LogP contribution in [0.4, 0.5) is 5.95 Å². The topological polar surface area (TPSA) is 54.9 Å².